The van der Waals surface area contributed by atoms with E-state index in [0.29, 0.717) is 12.0 Å². The van der Waals surface area contributed by atoms with Gasteiger partial charge in [0.05, 0.1) is 16.7 Å². The van der Waals surface area contributed by atoms with Crippen molar-refractivity contribution in [3.05, 3.63) is 10.6 Å². The van der Waals surface area contributed by atoms with Crippen molar-refractivity contribution in [1.82, 2.24) is 9.59 Å². The molecule has 0 aromatic carbocycles. The molecule has 0 amide bonds. The van der Waals surface area contributed by atoms with Gasteiger partial charge in [-0.25, -0.2) is 0 Å². The Labute approximate surface area is 113 Å². The summed E-state index contributed by atoms with van der Waals surface area (Å²) < 4.78 is 9.66. The fourth-order valence-electron chi connectivity index (χ4n) is 2.43. The van der Waals surface area contributed by atoms with Crippen LogP contribution in [0.5, 0.6) is 0 Å². The molecule has 0 saturated carbocycles. The zero-order chi connectivity index (χ0) is 13.0. The first-order chi connectivity index (χ1) is 8.68. The fourth-order valence-corrected chi connectivity index (χ4v) is 3.27. The zero-order valence-corrected chi connectivity index (χ0v) is 12.1. The van der Waals surface area contributed by atoms with Crippen LogP contribution in [0.2, 0.25) is 0 Å². The lowest BCUT2D eigenvalue weighted by Gasteiger charge is -2.14. The van der Waals surface area contributed by atoms with Crippen molar-refractivity contribution in [2.24, 2.45) is 5.73 Å². The molecule has 2 atom stereocenters. The molecule has 2 heterocycles. The number of ether oxygens (including phenoxy) is 1. The van der Waals surface area contributed by atoms with Crippen LogP contribution >= 0.6 is 11.5 Å². The van der Waals surface area contributed by atoms with E-state index in [1.165, 1.54) is 24.4 Å². The maximum absolute atomic E-state index is 6.25. The number of hydrogen-bond acceptors (Lipinski definition) is 5. The molecule has 102 valence electrons. The van der Waals surface area contributed by atoms with E-state index >= 15 is 0 Å². The van der Waals surface area contributed by atoms with Crippen LogP contribution in [0.4, 0.5) is 0 Å². The van der Waals surface area contributed by atoms with Crippen molar-refractivity contribution in [2.75, 3.05) is 6.61 Å². The number of hydrogen-bond donors (Lipinski definition) is 1. The molecule has 0 spiro atoms. The van der Waals surface area contributed by atoms with E-state index in [1.54, 1.807) is 0 Å². The highest BCUT2D eigenvalue weighted by atomic mass is 32.1. The van der Waals surface area contributed by atoms with Gasteiger partial charge in [0.25, 0.3) is 0 Å². The van der Waals surface area contributed by atoms with Crippen molar-refractivity contribution < 1.29 is 4.74 Å². The lowest BCUT2D eigenvalue weighted by molar-refractivity contribution is 0.101. The van der Waals surface area contributed by atoms with E-state index < -0.39 is 0 Å². The first-order valence-electron chi connectivity index (χ1n) is 6.87. The first kappa shape index (κ1) is 13.9. The molecule has 0 bridgehead atoms. The maximum atomic E-state index is 6.25. The van der Waals surface area contributed by atoms with Gasteiger partial charge in [-0.2, -0.15) is 0 Å². The Morgan fingerprint density at radius 3 is 3.00 bits per heavy atom. The highest BCUT2D eigenvalue weighted by molar-refractivity contribution is 7.05. The third-order valence-electron chi connectivity index (χ3n) is 3.49. The molecule has 0 aliphatic carbocycles. The molecule has 1 aromatic heterocycles. The molecule has 0 radical (unpaired) electrons. The largest absolute Gasteiger partial charge is 0.378 e. The molecular weight excluding hydrogens is 246 g/mol. The summed E-state index contributed by atoms with van der Waals surface area (Å²) in [5, 5.41) is 4.19. The molecule has 1 aliphatic heterocycles. The van der Waals surface area contributed by atoms with E-state index in [-0.39, 0.29) is 6.04 Å². The van der Waals surface area contributed by atoms with E-state index in [2.05, 4.69) is 23.4 Å². The molecule has 2 N–H and O–H groups in total. The van der Waals surface area contributed by atoms with Gasteiger partial charge in [0.1, 0.15) is 0 Å². The van der Waals surface area contributed by atoms with E-state index in [0.717, 1.165) is 36.4 Å². The Bertz CT molecular complexity index is 361. The Balaban J connectivity index is 1.79. The highest BCUT2D eigenvalue weighted by Crippen LogP contribution is 2.28. The third kappa shape index (κ3) is 3.49. The lowest BCUT2D eigenvalue weighted by Crippen LogP contribution is -2.13. The number of aromatic nitrogens is 2. The van der Waals surface area contributed by atoms with Crippen molar-refractivity contribution >= 4 is 11.5 Å². The Kier molecular flexibility index (Phi) is 5.09. The number of rotatable bonds is 6. The summed E-state index contributed by atoms with van der Waals surface area (Å²) >= 11 is 1.45. The van der Waals surface area contributed by atoms with Crippen LogP contribution in [0, 0.1) is 0 Å². The van der Waals surface area contributed by atoms with Gasteiger partial charge in [-0.1, -0.05) is 18.3 Å². The van der Waals surface area contributed by atoms with Crippen molar-refractivity contribution in [1.29, 1.82) is 0 Å². The fraction of sp³-hybridized carbons (Fsp3) is 0.846. The standard InChI is InChI=1S/C13H23N3OS/c1-9(2)12-13(18-16-15-12)11(14)7-3-5-10-6-4-8-17-10/h9-11H,3-8,14H2,1-2H3. The van der Waals surface area contributed by atoms with Gasteiger partial charge in [-0.15, -0.1) is 5.10 Å². The molecule has 4 nitrogen and oxygen atoms in total. The third-order valence-corrected chi connectivity index (χ3v) is 4.36. The zero-order valence-electron chi connectivity index (χ0n) is 11.3. The molecule has 1 saturated heterocycles. The molecular formula is C13H23N3OS. The average Bonchev–Trinajstić information content (AvgIpc) is 2.99. The van der Waals surface area contributed by atoms with Crippen LogP contribution in [0.25, 0.3) is 0 Å². The summed E-state index contributed by atoms with van der Waals surface area (Å²) in [4.78, 5) is 1.16. The minimum absolute atomic E-state index is 0.0869. The minimum atomic E-state index is 0.0869. The second-order valence-electron chi connectivity index (χ2n) is 5.35. The molecule has 2 rings (SSSR count). The molecule has 2 unspecified atom stereocenters. The Morgan fingerprint density at radius 1 is 1.50 bits per heavy atom. The summed E-state index contributed by atoms with van der Waals surface area (Å²) in [5.41, 5.74) is 7.33. The van der Waals surface area contributed by atoms with Crippen LogP contribution in [0.3, 0.4) is 0 Å². The maximum Gasteiger partial charge on any atom is 0.0828 e. The van der Waals surface area contributed by atoms with Crippen LogP contribution in [-0.2, 0) is 4.74 Å². The van der Waals surface area contributed by atoms with Crippen molar-refractivity contribution in [2.45, 2.75) is 64.0 Å². The monoisotopic (exact) mass is 269 g/mol. The van der Waals surface area contributed by atoms with Crippen LogP contribution in [0.15, 0.2) is 0 Å². The number of nitrogens with zero attached hydrogens (tertiary/aromatic N) is 2. The minimum Gasteiger partial charge on any atom is -0.378 e. The van der Waals surface area contributed by atoms with Crippen molar-refractivity contribution in [3.8, 4) is 0 Å². The summed E-state index contributed by atoms with van der Waals surface area (Å²) in [6.07, 6.45) is 6.17. The van der Waals surface area contributed by atoms with Gasteiger partial charge in [0, 0.05) is 12.6 Å². The molecule has 5 heteroatoms. The predicted octanol–water partition coefficient (Wildman–Crippen LogP) is 3.01. The second kappa shape index (κ2) is 6.59. The smallest absolute Gasteiger partial charge is 0.0828 e. The van der Waals surface area contributed by atoms with Gasteiger partial charge >= 0.3 is 0 Å². The van der Waals surface area contributed by atoms with Crippen LogP contribution < -0.4 is 5.73 Å². The lowest BCUT2D eigenvalue weighted by atomic mass is 10.0. The Morgan fingerprint density at radius 2 is 2.33 bits per heavy atom. The SMILES string of the molecule is CC(C)c1nnsc1C(N)CCCC1CCCO1. The molecule has 1 aliphatic rings. The summed E-state index contributed by atoms with van der Waals surface area (Å²) in [7, 11) is 0. The molecule has 1 fully saturated rings. The first-order valence-corrected chi connectivity index (χ1v) is 7.65. The summed E-state index contributed by atoms with van der Waals surface area (Å²) in [6, 6.07) is 0.0869. The second-order valence-corrected chi connectivity index (χ2v) is 6.14. The normalized spacial score (nSPS) is 21.7. The van der Waals surface area contributed by atoms with E-state index in [4.69, 9.17) is 10.5 Å². The molecule has 1 aromatic rings. The Hall–Kier alpha value is -0.520. The quantitative estimate of drug-likeness (QED) is 0.862. The van der Waals surface area contributed by atoms with Gasteiger partial charge in [0.15, 0.2) is 0 Å². The van der Waals surface area contributed by atoms with E-state index in [1.807, 2.05) is 0 Å². The van der Waals surface area contributed by atoms with E-state index in [9.17, 15) is 0 Å². The average molecular weight is 269 g/mol. The van der Waals surface area contributed by atoms with Crippen LogP contribution in [-0.4, -0.2) is 22.3 Å². The highest BCUT2D eigenvalue weighted by Gasteiger charge is 2.19. The summed E-state index contributed by atoms with van der Waals surface area (Å²) in [6.45, 7) is 5.21. The molecule has 18 heavy (non-hydrogen) atoms. The number of nitrogens with two attached hydrogens (primary N) is 1. The summed E-state index contributed by atoms with van der Waals surface area (Å²) in [5.74, 6) is 0.406. The predicted molar refractivity (Wildman–Crippen MR) is 73.8 cm³/mol. The van der Waals surface area contributed by atoms with Gasteiger partial charge in [-0.3, -0.25) is 0 Å². The van der Waals surface area contributed by atoms with Gasteiger partial charge in [-0.05, 0) is 49.6 Å². The topological polar surface area (TPSA) is 61.0 Å². The van der Waals surface area contributed by atoms with Crippen molar-refractivity contribution in [3.63, 3.8) is 0 Å². The van der Waals surface area contributed by atoms with Gasteiger partial charge in [0.2, 0.25) is 0 Å². The van der Waals surface area contributed by atoms with Gasteiger partial charge < -0.3 is 10.5 Å². The van der Waals surface area contributed by atoms with Crippen LogP contribution in [0.1, 0.15) is 68.5 Å².